The highest BCUT2D eigenvalue weighted by atomic mass is 33.2. The number of Topliss-reactive ketones (excluding diaryl/α,β-unsaturated/α-hetero) is 1. The summed E-state index contributed by atoms with van der Waals surface area (Å²) in [6.45, 7) is 4.99. The standard InChI is InChI=1S/C29H56O9P20/c1-15-19(37-51(57(49)54(43)44)58(55(45)46)56(47)48)13-29(33)24(35-25(32)17-9-7-6-8-10-17)23-27(5,12-18(31)22(15)26(29,3)4)20(38-50(52(39)40)53(41)42)11-21-28(23,14-34-21)36-16(2)30/h6-10,19-21,23-24,33H,11-14,39-49H2,1-5H3/t19-,20-,21+,23-,24-,27+,28-,29+,51?,57?/m0/s1. The van der Waals surface area contributed by atoms with E-state index in [4.69, 9.17) is 23.3 Å². The summed E-state index contributed by atoms with van der Waals surface area (Å²) in [5.74, 6) is -2.14. The molecule has 58 heavy (non-hydrogen) atoms. The molecule has 1 aliphatic heterocycles. The van der Waals surface area contributed by atoms with Crippen molar-refractivity contribution in [1.29, 1.82) is 0 Å². The molecule has 0 radical (unpaired) electrons. The van der Waals surface area contributed by atoms with Crippen molar-refractivity contribution in [2.75, 3.05) is 6.61 Å². The molecule has 9 nitrogen and oxygen atoms in total. The Labute approximate surface area is 379 Å². The number of ether oxygens (including phenoxy) is 3. The number of carbonyl (C=O) groups is 3. The summed E-state index contributed by atoms with van der Waals surface area (Å²) < 4.78 is 34.2. The van der Waals surface area contributed by atoms with Gasteiger partial charge in [-0.2, -0.15) is 0 Å². The van der Waals surface area contributed by atoms with Gasteiger partial charge in [0, 0.05) is 56.6 Å². The fourth-order valence-corrected chi connectivity index (χ4v) is 138. The maximum absolute atomic E-state index is 15.5. The van der Waals surface area contributed by atoms with Gasteiger partial charge in [0.15, 0.2) is 11.4 Å². The molecule has 13 unspecified atom stereocenters. The van der Waals surface area contributed by atoms with Crippen molar-refractivity contribution in [3.8, 4) is 0 Å². The summed E-state index contributed by atoms with van der Waals surface area (Å²) in [7, 11) is 30.9. The van der Waals surface area contributed by atoms with Crippen LogP contribution in [0.25, 0.3) is 0 Å². The highest BCUT2D eigenvalue weighted by Crippen LogP contribution is 3.17. The molecule has 1 saturated heterocycles. The van der Waals surface area contributed by atoms with Crippen LogP contribution in [0.2, 0.25) is 0 Å². The largest absolute Gasteiger partial charge is 0.455 e. The molecule has 0 aromatic heterocycles. The van der Waals surface area contributed by atoms with Crippen LogP contribution in [0.4, 0.5) is 0 Å². The maximum atomic E-state index is 15.5. The van der Waals surface area contributed by atoms with Crippen LogP contribution in [0.15, 0.2) is 41.5 Å². The molecular formula is C29H56O9P20. The molecule has 3 fully saturated rings. The number of ketones is 1. The van der Waals surface area contributed by atoms with E-state index >= 15 is 4.79 Å². The van der Waals surface area contributed by atoms with Crippen LogP contribution in [0.5, 0.6) is 0 Å². The number of aliphatic hydroxyl groups is 1. The van der Waals surface area contributed by atoms with Crippen molar-refractivity contribution < 1.29 is 42.7 Å². The smallest absolute Gasteiger partial charge is 0.338 e. The van der Waals surface area contributed by atoms with Crippen LogP contribution >= 0.6 is 162 Å². The third-order valence-electron chi connectivity index (χ3n) is 11.5. The molecule has 5 rings (SSSR count). The molecule has 4 aliphatic rings. The molecule has 1 aromatic rings. The van der Waals surface area contributed by atoms with Crippen molar-refractivity contribution in [3.05, 3.63) is 47.0 Å². The Morgan fingerprint density at radius 1 is 0.845 bits per heavy atom. The Kier molecular flexibility index (Phi) is 21.2. The van der Waals surface area contributed by atoms with Gasteiger partial charge in [0.05, 0.1) is 45.3 Å². The number of hydrogen-bond donors (Lipinski definition) is 1. The summed E-state index contributed by atoms with van der Waals surface area (Å²) in [4.78, 5) is 43.3. The first-order valence-corrected chi connectivity index (χ1v) is 52.3. The van der Waals surface area contributed by atoms with E-state index in [-0.39, 0.29) is 25.2 Å². The van der Waals surface area contributed by atoms with Crippen molar-refractivity contribution in [2.24, 2.45) is 16.7 Å². The second-order valence-corrected chi connectivity index (χ2v) is 87.7. The molecule has 1 aromatic carbocycles. The Hall–Kier alpha value is 6.01. The van der Waals surface area contributed by atoms with E-state index in [1.165, 1.54) is 6.92 Å². The topological polar surface area (TPSA) is 118 Å². The molecule has 0 amide bonds. The maximum Gasteiger partial charge on any atom is 0.338 e. The van der Waals surface area contributed by atoms with Crippen LogP contribution < -0.4 is 0 Å². The highest BCUT2D eigenvalue weighted by Gasteiger charge is 2.76. The minimum atomic E-state index is -1.88. The van der Waals surface area contributed by atoms with Crippen LogP contribution in [0, 0.1) is 16.7 Å². The lowest BCUT2D eigenvalue weighted by molar-refractivity contribution is -0.347. The first-order chi connectivity index (χ1) is 26.8. The second kappa shape index (κ2) is 22.4. The molecule has 0 spiro atoms. The third kappa shape index (κ3) is 11.1. The normalized spacial score (nSPS) is 33.2. The summed E-state index contributed by atoms with van der Waals surface area (Å²) in [5.41, 5.74) is -3.84. The van der Waals surface area contributed by atoms with Gasteiger partial charge in [-0.25, -0.2) is 4.79 Å². The van der Waals surface area contributed by atoms with E-state index in [1.807, 2.05) is 33.8 Å². The van der Waals surface area contributed by atoms with Gasteiger partial charge in [0.1, 0.15) is 17.8 Å². The Bertz CT molecular complexity index is 1710. The van der Waals surface area contributed by atoms with Crippen molar-refractivity contribution in [3.63, 3.8) is 0 Å². The average Bonchev–Trinajstić information content (AvgIpc) is 3.10. The lowest BCUT2D eigenvalue weighted by Crippen LogP contribution is -2.80. The zero-order valence-electron chi connectivity index (χ0n) is 32.7. The van der Waals surface area contributed by atoms with Crippen molar-refractivity contribution in [2.45, 2.75) is 89.5 Å². The van der Waals surface area contributed by atoms with Gasteiger partial charge < -0.3 is 28.4 Å². The summed E-state index contributed by atoms with van der Waals surface area (Å²) in [6.07, 6.45) is -2.64. The second-order valence-electron chi connectivity index (χ2n) is 15.4. The Morgan fingerprint density at radius 2 is 1.43 bits per heavy atom. The highest BCUT2D eigenvalue weighted by molar-refractivity contribution is 9.19. The van der Waals surface area contributed by atoms with Crippen LogP contribution in [-0.4, -0.2) is 65.1 Å². The van der Waals surface area contributed by atoms with Crippen LogP contribution in [0.1, 0.15) is 64.2 Å². The quantitative estimate of drug-likeness (QED) is 0.144. The average molecular weight is 1170 g/mol. The number of esters is 2. The number of benzene rings is 1. The molecule has 21 atom stereocenters. The number of hydrogen-bond acceptors (Lipinski definition) is 9. The molecular weight excluding hydrogens is 1110 g/mol. The SMILES string of the molecule is CC(=O)O[C@@]12CO[C@@H]1C[C@H](OP(P(P)P)P(P)P)[C@@]1(C)CC(=O)C3=C(C)[C@@H](OP(P(P)P(P)P)P(P(P)P)P(P)P)C[C@@](O)([C@@H](OC(=O)c4ccccc4)[C@@H]12)C3(C)C. The van der Waals surface area contributed by atoms with E-state index in [0.717, 1.165) is 5.57 Å². The number of fused-ring (bicyclic) bond motifs is 5. The van der Waals surface area contributed by atoms with Crippen LogP contribution in [0.3, 0.4) is 0 Å². The predicted octanol–water partition coefficient (Wildman–Crippen LogP) is 14.4. The fourth-order valence-electron chi connectivity index (χ4n) is 8.92. The van der Waals surface area contributed by atoms with Gasteiger partial charge in [0.25, 0.3) is 0 Å². The predicted molar refractivity (Wildman–Crippen MR) is 301 cm³/mol. The summed E-state index contributed by atoms with van der Waals surface area (Å²) >= 11 is 0. The Morgan fingerprint density at radius 3 is 1.91 bits per heavy atom. The minimum Gasteiger partial charge on any atom is -0.455 e. The van der Waals surface area contributed by atoms with Gasteiger partial charge in [-0.05, 0) is 59.6 Å². The molecule has 2 bridgehead atoms. The number of rotatable bonds is 14. The van der Waals surface area contributed by atoms with E-state index in [2.05, 4.69) is 98.2 Å². The molecule has 3 aliphatic carbocycles. The van der Waals surface area contributed by atoms with Gasteiger partial charge >= 0.3 is 11.9 Å². The van der Waals surface area contributed by atoms with E-state index in [9.17, 15) is 14.7 Å². The summed E-state index contributed by atoms with van der Waals surface area (Å²) in [6, 6.07) is 8.76. The zero-order valence-corrected chi connectivity index (χ0v) is 53.4. The van der Waals surface area contributed by atoms with E-state index in [0.29, 0.717) is 17.6 Å². The first kappa shape index (κ1) is 54.9. The van der Waals surface area contributed by atoms with E-state index in [1.54, 1.807) is 24.3 Å². The molecule has 1 heterocycles. The fraction of sp³-hybridized carbons (Fsp3) is 0.621. The van der Waals surface area contributed by atoms with Gasteiger partial charge in [-0.15, -0.1) is 89.3 Å². The Balaban J connectivity index is 1.81. The monoisotopic (exact) mass is 1170 g/mol. The minimum absolute atomic E-state index is 0.0160. The van der Waals surface area contributed by atoms with Gasteiger partial charge in [0.2, 0.25) is 0 Å². The third-order valence-corrected chi connectivity index (χ3v) is 105. The van der Waals surface area contributed by atoms with Crippen LogP contribution in [-0.2, 0) is 32.8 Å². The molecule has 2 saturated carbocycles. The molecule has 1 N–H and O–H groups in total. The molecule has 29 heteroatoms. The lowest BCUT2D eigenvalue weighted by atomic mass is 9.45. The number of carbonyl (C=O) groups excluding carboxylic acids is 3. The van der Waals surface area contributed by atoms with E-state index < -0.39 is 128 Å². The van der Waals surface area contributed by atoms with Crippen molar-refractivity contribution in [1.82, 2.24) is 0 Å². The zero-order chi connectivity index (χ0) is 43.4. The van der Waals surface area contributed by atoms with Gasteiger partial charge in [-0.3, -0.25) is 9.59 Å². The lowest BCUT2D eigenvalue weighted by Gasteiger charge is -2.68. The summed E-state index contributed by atoms with van der Waals surface area (Å²) in [5, 5.41) is 14.0. The first-order valence-electron chi connectivity index (χ1n) is 17.7. The molecule has 326 valence electrons. The van der Waals surface area contributed by atoms with Gasteiger partial charge in [-0.1, -0.05) is 47.9 Å². The van der Waals surface area contributed by atoms with Crippen molar-refractivity contribution >= 4 is 180 Å².